The fraction of sp³-hybridized carbons (Fsp3) is 0.185. The number of halogens is 3. The molecular formula is C27H20F3NO3S2. The maximum atomic E-state index is 15.4. The molecule has 1 atom stereocenters. The number of methoxy groups -OCH3 is 1. The zero-order valence-corrected chi connectivity index (χ0v) is 20.9. The molecule has 0 saturated heterocycles. The Morgan fingerprint density at radius 3 is 2.47 bits per heavy atom. The third-order valence-electron chi connectivity index (χ3n) is 6.40. The van der Waals surface area contributed by atoms with Gasteiger partial charge in [-0.3, -0.25) is 14.2 Å². The molecule has 0 N–H and O–H groups in total. The summed E-state index contributed by atoms with van der Waals surface area (Å²) in [7, 11) is 1.32. The number of ether oxygens (including phenoxy) is 1. The van der Waals surface area contributed by atoms with Crippen LogP contribution < -0.4 is 10.3 Å². The monoisotopic (exact) mass is 527 g/mol. The Bertz CT molecular complexity index is 1530. The highest BCUT2D eigenvalue weighted by molar-refractivity contribution is 7.99. The van der Waals surface area contributed by atoms with Gasteiger partial charge in [0.15, 0.2) is 17.3 Å². The number of rotatable bonds is 6. The van der Waals surface area contributed by atoms with Gasteiger partial charge in [0.05, 0.1) is 17.7 Å². The van der Waals surface area contributed by atoms with Gasteiger partial charge in [-0.25, -0.2) is 13.2 Å². The highest BCUT2D eigenvalue weighted by Gasteiger charge is 2.36. The molecule has 0 spiro atoms. The van der Waals surface area contributed by atoms with Crippen molar-refractivity contribution in [2.75, 3.05) is 12.9 Å². The average Bonchev–Trinajstić information content (AvgIpc) is 3.55. The summed E-state index contributed by atoms with van der Waals surface area (Å²) in [6.45, 7) is 1.64. The number of benzene rings is 2. The van der Waals surface area contributed by atoms with Crippen molar-refractivity contribution in [1.29, 1.82) is 0 Å². The molecule has 2 aromatic heterocycles. The summed E-state index contributed by atoms with van der Waals surface area (Å²) in [5.74, 6) is -2.17. The van der Waals surface area contributed by atoms with Crippen LogP contribution in [0.5, 0.6) is 5.75 Å². The summed E-state index contributed by atoms with van der Waals surface area (Å²) in [5.41, 5.74) is 0.687. The number of thiophene rings is 1. The molecule has 0 fully saturated rings. The van der Waals surface area contributed by atoms with Gasteiger partial charge < -0.3 is 4.74 Å². The van der Waals surface area contributed by atoms with Gasteiger partial charge in [-0.1, -0.05) is 18.2 Å². The van der Waals surface area contributed by atoms with Gasteiger partial charge >= 0.3 is 0 Å². The molecule has 5 rings (SSSR count). The SMILES string of the molecule is COc1cccc(-c2c(C)c(Cc3c(F)cccc3F)c3n(c2=O)C(C(=O)c2ccsc2)CS3)c1F. The van der Waals surface area contributed by atoms with Crippen molar-refractivity contribution in [2.24, 2.45) is 0 Å². The van der Waals surface area contributed by atoms with E-state index in [4.69, 9.17) is 4.74 Å². The van der Waals surface area contributed by atoms with E-state index in [0.29, 0.717) is 21.7 Å². The summed E-state index contributed by atoms with van der Waals surface area (Å²) in [4.78, 5) is 27.2. The van der Waals surface area contributed by atoms with Crippen molar-refractivity contribution in [1.82, 2.24) is 4.57 Å². The number of hydrogen-bond acceptors (Lipinski definition) is 5. The summed E-state index contributed by atoms with van der Waals surface area (Å²) in [5, 5.41) is 3.95. The molecule has 0 saturated carbocycles. The topological polar surface area (TPSA) is 48.3 Å². The van der Waals surface area contributed by atoms with Gasteiger partial charge in [0.25, 0.3) is 5.56 Å². The van der Waals surface area contributed by atoms with Crippen LogP contribution in [0, 0.1) is 24.4 Å². The summed E-state index contributed by atoms with van der Waals surface area (Å²) in [6.07, 6.45) is -0.162. The quantitative estimate of drug-likeness (QED) is 0.271. The first kappa shape index (κ1) is 24.4. The maximum Gasteiger partial charge on any atom is 0.260 e. The van der Waals surface area contributed by atoms with Crippen LogP contribution in [0.25, 0.3) is 11.1 Å². The molecule has 4 nitrogen and oxygen atoms in total. The molecule has 1 aliphatic rings. The second-order valence-corrected chi connectivity index (χ2v) is 10.1. The number of ketones is 1. The molecule has 1 aliphatic heterocycles. The van der Waals surface area contributed by atoms with Crippen molar-refractivity contribution in [3.8, 4) is 16.9 Å². The Morgan fingerprint density at radius 1 is 1.08 bits per heavy atom. The average molecular weight is 528 g/mol. The predicted octanol–water partition coefficient (Wildman–Crippen LogP) is 6.43. The maximum absolute atomic E-state index is 15.4. The summed E-state index contributed by atoms with van der Waals surface area (Å²) in [6, 6.07) is 8.93. The van der Waals surface area contributed by atoms with Gasteiger partial charge in [0.2, 0.25) is 0 Å². The van der Waals surface area contributed by atoms with Crippen molar-refractivity contribution in [3.05, 3.63) is 103 Å². The molecule has 2 aromatic carbocycles. The van der Waals surface area contributed by atoms with Gasteiger partial charge in [-0.2, -0.15) is 11.3 Å². The Labute approximate surface area is 213 Å². The van der Waals surface area contributed by atoms with Crippen LogP contribution in [-0.2, 0) is 6.42 Å². The minimum Gasteiger partial charge on any atom is -0.494 e. The lowest BCUT2D eigenvalue weighted by molar-refractivity contribution is 0.0935. The Morgan fingerprint density at radius 2 is 1.81 bits per heavy atom. The van der Waals surface area contributed by atoms with Gasteiger partial charge in [0, 0.05) is 34.2 Å². The van der Waals surface area contributed by atoms with Gasteiger partial charge in [-0.15, -0.1) is 11.8 Å². The fourth-order valence-electron chi connectivity index (χ4n) is 4.56. The van der Waals surface area contributed by atoms with Crippen molar-refractivity contribution in [3.63, 3.8) is 0 Å². The first-order chi connectivity index (χ1) is 17.3. The highest BCUT2D eigenvalue weighted by Crippen LogP contribution is 2.41. The van der Waals surface area contributed by atoms with Crippen LogP contribution in [0.2, 0.25) is 0 Å². The van der Waals surface area contributed by atoms with Gasteiger partial charge in [0.1, 0.15) is 17.7 Å². The molecule has 0 radical (unpaired) electrons. The van der Waals surface area contributed by atoms with E-state index in [-0.39, 0.29) is 40.4 Å². The molecular weight excluding hydrogens is 507 g/mol. The standard InChI is InChI=1S/C27H20F3NO3S2/c1-14-17(11-18-19(28)6-4-7-20(18)29)27-31(21(13-36-27)25(32)15-9-10-35-12-15)26(33)23(14)16-5-3-8-22(34-2)24(16)30/h3-10,12,21H,11,13H2,1-2H3. The Hall–Kier alpha value is -3.30. The lowest BCUT2D eigenvalue weighted by atomic mass is 9.93. The Balaban J connectivity index is 1.79. The molecule has 4 aromatic rings. The van der Waals surface area contributed by atoms with E-state index in [9.17, 15) is 18.4 Å². The summed E-state index contributed by atoms with van der Waals surface area (Å²) < 4.78 is 51.1. The van der Waals surface area contributed by atoms with Crippen LogP contribution in [0.15, 0.2) is 63.0 Å². The minimum atomic E-state index is -0.829. The molecule has 0 aliphatic carbocycles. The van der Waals surface area contributed by atoms with Crippen molar-refractivity contribution < 1.29 is 22.7 Å². The molecule has 36 heavy (non-hydrogen) atoms. The van der Waals surface area contributed by atoms with E-state index >= 15 is 4.39 Å². The van der Waals surface area contributed by atoms with E-state index in [1.165, 1.54) is 65.1 Å². The molecule has 3 heterocycles. The van der Waals surface area contributed by atoms with Crippen LogP contribution in [0.4, 0.5) is 13.2 Å². The smallest absolute Gasteiger partial charge is 0.260 e. The minimum absolute atomic E-state index is 0.000961. The zero-order valence-electron chi connectivity index (χ0n) is 19.3. The fourth-order valence-corrected chi connectivity index (χ4v) is 6.57. The second-order valence-electron chi connectivity index (χ2n) is 8.36. The first-order valence-electron chi connectivity index (χ1n) is 11.1. The van der Waals surface area contributed by atoms with Crippen LogP contribution in [0.1, 0.15) is 33.1 Å². The number of thioether (sulfide) groups is 1. The number of aromatic nitrogens is 1. The van der Waals surface area contributed by atoms with E-state index in [1.54, 1.807) is 29.8 Å². The largest absolute Gasteiger partial charge is 0.494 e. The third kappa shape index (κ3) is 3.96. The van der Waals surface area contributed by atoms with Crippen molar-refractivity contribution >= 4 is 28.9 Å². The second kappa shape index (κ2) is 9.63. The highest BCUT2D eigenvalue weighted by atomic mass is 32.2. The Kier molecular flexibility index (Phi) is 6.53. The first-order valence-corrected chi connectivity index (χ1v) is 13.0. The molecule has 9 heteroatoms. The zero-order chi connectivity index (χ0) is 25.6. The molecule has 0 bridgehead atoms. The summed E-state index contributed by atoms with van der Waals surface area (Å²) >= 11 is 2.65. The van der Waals surface area contributed by atoms with Crippen LogP contribution in [-0.4, -0.2) is 23.2 Å². The number of carbonyl (C=O) groups is 1. The number of hydrogen-bond donors (Lipinski definition) is 0. The van der Waals surface area contributed by atoms with E-state index in [1.807, 2.05) is 0 Å². The van der Waals surface area contributed by atoms with Crippen LogP contribution in [0.3, 0.4) is 0 Å². The number of Topliss-reactive ketones (excluding diaryl/α,β-unsaturated/α-hetero) is 1. The predicted molar refractivity (Wildman–Crippen MR) is 135 cm³/mol. The van der Waals surface area contributed by atoms with Gasteiger partial charge in [-0.05, 0) is 47.7 Å². The van der Waals surface area contributed by atoms with E-state index < -0.39 is 29.1 Å². The number of pyridine rings is 1. The van der Waals surface area contributed by atoms with Crippen molar-refractivity contribution in [2.45, 2.75) is 24.4 Å². The lowest BCUT2D eigenvalue weighted by Gasteiger charge is -2.20. The normalized spacial score (nSPS) is 14.6. The number of fused-ring (bicyclic) bond motifs is 1. The molecule has 184 valence electrons. The third-order valence-corrected chi connectivity index (χ3v) is 8.29. The number of nitrogens with zero attached hydrogens (tertiary/aromatic N) is 1. The molecule has 1 unspecified atom stereocenters. The number of carbonyl (C=O) groups excluding carboxylic acids is 1. The lowest BCUT2D eigenvalue weighted by Crippen LogP contribution is -2.31. The van der Waals surface area contributed by atoms with E-state index in [2.05, 4.69) is 0 Å². The molecule has 0 amide bonds. The van der Waals surface area contributed by atoms with E-state index in [0.717, 1.165) is 0 Å². The van der Waals surface area contributed by atoms with Crippen LogP contribution >= 0.6 is 23.1 Å².